The van der Waals surface area contributed by atoms with Crippen molar-refractivity contribution in [1.29, 1.82) is 0 Å². The lowest BCUT2D eigenvalue weighted by atomic mass is 10.2. The molecule has 0 N–H and O–H groups in total. The van der Waals surface area contributed by atoms with Gasteiger partial charge < -0.3 is 0 Å². The maximum Gasteiger partial charge on any atom is 0.0805 e. The van der Waals surface area contributed by atoms with Gasteiger partial charge in [0.25, 0.3) is 0 Å². The Morgan fingerprint density at radius 2 is 2.56 bits per heavy atom. The Balaban J connectivity index is 2.41. The average molecular weight is 141 g/mol. The zero-order valence-corrected chi connectivity index (χ0v) is 6.45. The Morgan fingerprint density at radius 3 is 3.00 bits per heavy atom. The smallest absolute Gasteiger partial charge is 0.0805 e. The lowest BCUT2D eigenvalue weighted by Gasteiger charge is -2.26. The van der Waals surface area contributed by atoms with Gasteiger partial charge in [0.2, 0.25) is 0 Å². The third kappa shape index (κ3) is 1.64. The largest absolute Gasteiger partial charge is 0.239 e. The van der Waals surface area contributed by atoms with Gasteiger partial charge in [0, 0.05) is 5.75 Å². The summed E-state index contributed by atoms with van der Waals surface area (Å²) in [7, 11) is 2.06. The second-order valence-electron chi connectivity index (χ2n) is 2.20. The van der Waals surface area contributed by atoms with Gasteiger partial charge in [-0.25, -0.2) is 4.31 Å². The molecule has 9 heavy (non-hydrogen) atoms. The van der Waals surface area contributed by atoms with Crippen LogP contribution in [0, 0.1) is 12.3 Å². The van der Waals surface area contributed by atoms with Gasteiger partial charge in [0.15, 0.2) is 0 Å². The normalized spacial score (nSPS) is 29.6. The van der Waals surface area contributed by atoms with E-state index in [4.69, 9.17) is 6.42 Å². The van der Waals surface area contributed by atoms with Gasteiger partial charge in [-0.05, 0) is 19.9 Å². The molecule has 0 aromatic carbocycles. The van der Waals surface area contributed by atoms with Crippen molar-refractivity contribution in [3.8, 4) is 12.3 Å². The quantitative estimate of drug-likeness (QED) is 0.370. The number of hydrogen-bond donors (Lipinski definition) is 0. The van der Waals surface area contributed by atoms with E-state index in [1.165, 1.54) is 18.6 Å². The molecular weight excluding hydrogens is 130 g/mol. The molecule has 1 nitrogen and oxygen atoms in total. The fourth-order valence-electron chi connectivity index (χ4n) is 0.945. The molecule has 1 aliphatic rings. The molecule has 0 amide bonds. The first-order valence-corrected chi connectivity index (χ1v) is 4.10. The third-order valence-electron chi connectivity index (χ3n) is 1.55. The Morgan fingerprint density at radius 1 is 1.78 bits per heavy atom. The first-order valence-electron chi connectivity index (χ1n) is 3.16. The molecule has 1 atom stereocenters. The van der Waals surface area contributed by atoms with Gasteiger partial charge in [-0.3, -0.25) is 0 Å². The topological polar surface area (TPSA) is 3.24 Å². The van der Waals surface area contributed by atoms with Gasteiger partial charge in [-0.2, -0.15) is 0 Å². The van der Waals surface area contributed by atoms with Crippen LogP contribution in [-0.4, -0.2) is 23.1 Å². The summed E-state index contributed by atoms with van der Waals surface area (Å²) in [6.45, 7) is 0. The highest BCUT2D eigenvalue weighted by atomic mass is 32.2. The van der Waals surface area contributed by atoms with Crippen molar-refractivity contribution in [2.45, 2.75) is 18.9 Å². The molecule has 0 bridgehead atoms. The Bertz CT molecular complexity index is 127. The Hall–Kier alpha value is -0.130. The predicted octanol–water partition coefficient (Wildman–Crippen LogP) is 1.36. The highest BCUT2D eigenvalue weighted by Crippen LogP contribution is 2.22. The third-order valence-corrected chi connectivity index (χ3v) is 2.68. The molecule has 50 valence electrons. The van der Waals surface area contributed by atoms with Crippen LogP contribution >= 0.6 is 11.9 Å². The molecule has 1 fully saturated rings. The van der Waals surface area contributed by atoms with Crippen LogP contribution in [0.5, 0.6) is 0 Å². The van der Waals surface area contributed by atoms with Crippen LogP contribution in [-0.2, 0) is 0 Å². The fraction of sp³-hybridized carbons (Fsp3) is 0.714. The highest BCUT2D eigenvalue weighted by Gasteiger charge is 2.15. The van der Waals surface area contributed by atoms with Crippen LogP contribution in [0.3, 0.4) is 0 Å². The summed E-state index contributed by atoms with van der Waals surface area (Å²) in [5, 5.41) is 0. The van der Waals surface area contributed by atoms with Crippen molar-refractivity contribution in [1.82, 2.24) is 4.31 Å². The molecule has 2 heteroatoms. The van der Waals surface area contributed by atoms with Crippen molar-refractivity contribution in [3.05, 3.63) is 0 Å². The van der Waals surface area contributed by atoms with Crippen LogP contribution in [0.25, 0.3) is 0 Å². The van der Waals surface area contributed by atoms with E-state index < -0.39 is 0 Å². The lowest BCUT2D eigenvalue weighted by molar-refractivity contribution is 0.441. The molecule has 0 aromatic rings. The summed E-state index contributed by atoms with van der Waals surface area (Å²) < 4.78 is 2.17. The molecule has 1 unspecified atom stereocenters. The number of nitrogens with zero attached hydrogens (tertiary/aromatic N) is 1. The van der Waals surface area contributed by atoms with Gasteiger partial charge in [0.1, 0.15) is 0 Å². The minimum Gasteiger partial charge on any atom is -0.239 e. The molecule has 0 saturated carbocycles. The van der Waals surface area contributed by atoms with E-state index in [0.717, 1.165) is 0 Å². The Kier molecular flexibility index (Phi) is 2.44. The van der Waals surface area contributed by atoms with Crippen LogP contribution in [0.2, 0.25) is 0 Å². The van der Waals surface area contributed by atoms with Gasteiger partial charge in [0.05, 0.1) is 6.04 Å². The second-order valence-corrected chi connectivity index (χ2v) is 3.45. The van der Waals surface area contributed by atoms with E-state index in [1.54, 1.807) is 0 Å². The summed E-state index contributed by atoms with van der Waals surface area (Å²) >= 11 is 1.84. The maximum absolute atomic E-state index is 5.29. The minimum atomic E-state index is 0.378. The monoisotopic (exact) mass is 141 g/mol. The predicted molar refractivity (Wildman–Crippen MR) is 42.1 cm³/mol. The van der Waals surface area contributed by atoms with E-state index in [-0.39, 0.29) is 0 Å². The van der Waals surface area contributed by atoms with Gasteiger partial charge in [-0.1, -0.05) is 17.9 Å². The highest BCUT2D eigenvalue weighted by molar-refractivity contribution is 7.97. The molecule has 1 aliphatic heterocycles. The number of hydrogen-bond acceptors (Lipinski definition) is 2. The van der Waals surface area contributed by atoms with Crippen LogP contribution < -0.4 is 0 Å². The number of rotatable bonds is 0. The molecule has 1 rings (SSSR count). The van der Waals surface area contributed by atoms with Crippen LogP contribution in [0.15, 0.2) is 0 Å². The first-order chi connectivity index (χ1) is 4.34. The summed E-state index contributed by atoms with van der Waals surface area (Å²) in [6, 6.07) is 0.378. The summed E-state index contributed by atoms with van der Waals surface area (Å²) in [5.74, 6) is 3.99. The zero-order chi connectivity index (χ0) is 6.69. The SMILES string of the molecule is C#CC1CCCSN1C. The zero-order valence-electron chi connectivity index (χ0n) is 5.63. The van der Waals surface area contributed by atoms with Crippen molar-refractivity contribution in [2.75, 3.05) is 12.8 Å². The molecule has 1 heterocycles. The first kappa shape index (κ1) is 6.98. The van der Waals surface area contributed by atoms with E-state index >= 15 is 0 Å². The summed E-state index contributed by atoms with van der Waals surface area (Å²) in [5.41, 5.74) is 0. The number of terminal acetylenes is 1. The summed E-state index contributed by atoms with van der Waals surface area (Å²) in [6.07, 6.45) is 7.72. The molecule has 0 aromatic heterocycles. The van der Waals surface area contributed by atoms with Crippen molar-refractivity contribution >= 4 is 11.9 Å². The van der Waals surface area contributed by atoms with E-state index in [9.17, 15) is 0 Å². The van der Waals surface area contributed by atoms with Crippen LogP contribution in [0.4, 0.5) is 0 Å². The molecule has 0 radical (unpaired) electrons. The molecule has 0 spiro atoms. The lowest BCUT2D eigenvalue weighted by Crippen LogP contribution is -2.28. The van der Waals surface area contributed by atoms with E-state index in [0.29, 0.717) is 6.04 Å². The van der Waals surface area contributed by atoms with Crippen molar-refractivity contribution in [3.63, 3.8) is 0 Å². The molecule has 0 aliphatic carbocycles. The van der Waals surface area contributed by atoms with E-state index in [2.05, 4.69) is 17.3 Å². The fourth-order valence-corrected chi connectivity index (χ4v) is 1.88. The average Bonchev–Trinajstić information content (AvgIpc) is 1.89. The van der Waals surface area contributed by atoms with Gasteiger partial charge in [-0.15, -0.1) is 6.42 Å². The maximum atomic E-state index is 5.29. The van der Waals surface area contributed by atoms with Crippen molar-refractivity contribution in [2.24, 2.45) is 0 Å². The molecular formula is C7H11NS. The molecule has 1 saturated heterocycles. The second kappa shape index (κ2) is 3.14. The van der Waals surface area contributed by atoms with E-state index in [1.807, 2.05) is 11.9 Å². The standard InChI is InChI=1S/C7H11NS/c1-3-7-5-4-6-9-8(7)2/h1,7H,4-6H2,2H3. The minimum absolute atomic E-state index is 0.378. The van der Waals surface area contributed by atoms with Crippen LogP contribution in [0.1, 0.15) is 12.8 Å². The van der Waals surface area contributed by atoms with Gasteiger partial charge >= 0.3 is 0 Å². The van der Waals surface area contributed by atoms with Crippen molar-refractivity contribution < 1.29 is 0 Å². The Labute approximate surface area is 60.9 Å². The summed E-state index contributed by atoms with van der Waals surface area (Å²) in [4.78, 5) is 0.